The number of carbonyl (C=O) groups is 1. The first-order valence-corrected chi connectivity index (χ1v) is 7.28. The van der Waals surface area contributed by atoms with Crippen LogP contribution in [0.4, 0.5) is 21.9 Å². The predicted octanol–water partition coefficient (Wildman–Crippen LogP) is 4.43. The van der Waals surface area contributed by atoms with Gasteiger partial charge in [-0.25, -0.2) is 4.79 Å². The lowest BCUT2D eigenvalue weighted by Gasteiger charge is -2.23. The van der Waals surface area contributed by atoms with Crippen molar-refractivity contribution in [3.63, 3.8) is 0 Å². The van der Waals surface area contributed by atoms with Gasteiger partial charge >= 0.3 is 6.03 Å². The van der Waals surface area contributed by atoms with Gasteiger partial charge in [0.2, 0.25) is 0 Å². The van der Waals surface area contributed by atoms with Crippen LogP contribution in [0.3, 0.4) is 0 Å². The molecule has 0 saturated heterocycles. The molecule has 114 valence electrons. The van der Waals surface area contributed by atoms with E-state index in [1.807, 2.05) is 56.3 Å². The number of allylic oxidation sites excluding steroid dienone is 1. The van der Waals surface area contributed by atoms with Gasteiger partial charge < -0.3 is 11.1 Å². The third-order valence-corrected chi connectivity index (χ3v) is 3.37. The number of para-hydroxylation sites is 1. The zero-order valence-electron chi connectivity index (χ0n) is 12.9. The van der Waals surface area contributed by atoms with Crippen LogP contribution >= 0.6 is 0 Å². The number of hydrogen-bond donors (Lipinski definition) is 2. The number of anilines is 3. The maximum atomic E-state index is 12.6. The molecule has 0 aromatic heterocycles. The number of carbonyl (C=O) groups excluding carboxylic acids is 1. The van der Waals surface area contributed by atoms with E-state index in [4.69, 9.17) is 5.73 Å². The maximum Gasteiger partial charge on any atom is 0.330 e. The van der Waals surface area contributed by atoms with Gasteiger partial charge in [0.1, 0.15) is 0 Å². The topological polar surface area (TPSA) is 58.4 Å². The molecule has 0 aliphatic heterocycles. The molecule has 2 aromatic carbocycles. The second-order valence-corrected chi connectivity index (χ2v) is 5.06. The normalized spacial score (nSPS) is 11.1. The van der Waals surface area contributed by atoms with E-state index in [-0.39, 0.29) is 6.03 Å². The van der Waals surface area contributed by atoms with E-state index in [0.29, 0.717) is 5.69 Å². The Hall–Kier alpha value is -2.75. The van der Waals surface area contributed by atoms with Crippen LogP contribution < -0.4 is 16.0 Å². The molecule has 3 N–H and O–H groups in total. The number of nitrogen functional groups attached to an aromatic ring is 1. The molecular formula is C18H21N3O. The quantitative estimate of drug-likeness (QED) is 0.820. The summed E-state index contributed by atoms with van der Waals surface area (Å²) in [6.45, 7) is 4.03. The van der Waals surface area contributed by atoms with Crippen molar-refractivity contribution in [1.29, 1.82) is 0 Å². The molecule has 0 atom stereocenters. The summed E-state index contributed by atoms with van der Waals surface area (Å²) in [5, 5.41) is 2.84. The number of amides is 2. The van der Waals surface area contributed by atoms with Crippen molar-refractivity contribution in [3.05, 3.63) is 66.4 Å². The van der Waals surface area contributed by atoms with Crippen molar-refractivity contribution in [1.82, 2.24) is 5.32 Å². The Morgan fingerprint density at radius 3 is 2.27 bits per heavy atom. The van der Waals surface area contributed by atoms with E-state index < -0.39 is 0 Å². The lowest BCUT2D eigenvalue weighted by Crippen LogP contribution is -2.34. The zero-order chi connectivity index (χ0) is 15.9. The van der Waals surface area contributed by atoms with E-state index in [0.717, 1.165) is 23.4 Å². The molecule has 0 radical (unpaired) electrons. The Kier molecular flexibility index (Phi) is 5.20. The van der Waals surface area contributed by atoms with Crippen LogP contribution in [0.25, 0.3) is 0 Å². The van der Waals surface area contributed by atoms with E-state index in [1.54, 1.807) is 23.2 Å². The van der Waals surface area contributed by atoms with Crippen LogP contribution in [0.1, 0.15) is 20.3 Å². The van der Waals surface area contributed by atoms with Crippen molar-refractivity contribution in [3.8, 4) is 0 Å². The Morgan fingerprint density at radius 1 is 1.09 bits per heavy atom. The first-order chi connectivity index (χ1) is 10.6. The fourth-order valence-corrected chi connectivity index (χ4v) is 1.94. The Bertz CT molecular complexity index is 648. The Morgan fingerprint density at radius 2 is 1.68 bits per heavy atom. The summed E-state index contributed by atoms with van der Waals surface area (Å²) >= 11 is 0. The summed E-state index contributed by atoms with van der Waals surface area (Å²) < 4.78 is 0. The van der Waals surface area contributed by atoms with Crippen molar-refractivity contribution in [2.75, 3.05) is 10.6 Å². The van der Waals surface area contributed by atoms with Crippen molar-refractivity contribution in [2.45, 2.75) is 20.3 Å². The van der Waals surface area contributed by atoms with Gasteiger partial charge in [-0.15, -0.1) is 0 Å². The standard InChI is InChI=1S/C18H21N3O/c1-3-14(2)13-20-18(22)21(16-7-5-4-6-8-16)17-11-9-15(19)10-12-17/h4-13H,3,19H2,1-2H3,(H,20,22)/b14-13+. The molecule has 2 rings (SSSR count). The van der Waals surface area contributed by atoms with Gasteiger partial charge in [0.25, 0.3) is 0 Å². The van der Waals surface area contributed by atoms with Gasteiger partial charge in [-0.1, -0.05) is 30.7 Å². The molecule has 0 unspecified atom stereocenters. The van der Waals surface area contributed by atoms with E-state index in [9.17, 15) is 4.79 Å². The SMILES string of the molecule is CC/C(C)=C/NC(=O)N(c1ccccc1)c1ccc(N)cc1. The lowest BCUT2D eigenvalue weighted by molar-refractivity contribution is 0.251. The molecule has 0 aliphatic rings. The monoisotopic (exact) mass is 295 g/mol. The minimum atomic E-state index is -0.205. The molecular weight excluding hydrogens is 274 g/mol. The number of nitrogens with zero attached hydrogens (tertiary/aromatic N) is 1. The van der Waals surface area contributed by atoms with Gasteiger partial charge in [-0.2, -0.15) is 0 Å². The van der Waals surface area contributed by atoms with Crippen LogP contribution in [0.2, 0.25) is 0 Å². The molecule has 22 heavy (non-hydrogen) atoms. The molecule has 0 saturated carbocycles. The number of rotatable bonds is 4. The average molecular weight is 295 g/mol. The molecule has 0 fully saturated rings. The highest BCUT2D eigenvalue weighted by molar-refractivity contribution is 5.99. The molecule has 2 amide bonds. The van der Waals surface area contributed by atoms with Gasteiger partial charge in [0.05, 0.1) is 11.4 Å². The molecule has 0 aliphatic carbocycles. The predicted molar refractivity (Wildman–Crippen MR) is 92.0 cm³/mol. The first-order valence-electron chi connectivity index (χ1n) is 7.28. The highest BCUT2D eigenvalue weighted by atomic mass is 16.2. The van der Waals surface area contributed by atoms with Crippen molar-refractivity contribution >= 4 is 23.1 Å². The zero-order valence-corrected chi connectivity index (χ0v) is 12.9. The number of urea groups is 1. The van der Waals surface area contributed by atoms with Crippen molar-refractivity contribution in [2.24, 2.45) is 0 Å². The highest BCUT2D eigenvalue weighted by Crippen LogP contribution is 2.26. The number of benzene rings is 2. The molecule has 4 heteroatoms. The summed E-state index contributed by atoms with van der Waals surface area (Å²) in [4.78, 5) is 14.2. The van der Waals surface area contributed by atoms with Crippen LogP contribution in [0.15, 0.2) is 66.4 Å². The molecule has 2 aromatic rings. The largest absolute Gasteiger partial charge is 0.399 e. The minimum absolute atomic E-state index is 0.205. The number of nitrogens with two attached hydrogens (primary N) is 1. The first kappa shape index (κ1) is 15.6. The lowest BCUT2D eigenvalue weighted by atomic mass is 10.2. The Labute approximate surface area is 131 Å². The van der Waals surface area contributed by atoms with Crippen LogP contribution in [0.5, 0.6) is 0 Å². The van der Waals surface area contributed by atoms with Crippen LogP contribution in [-0.2, 0) is 0 Å². The molecule has 0 bridgehead atoms. The third-order valence-electron chi connectivity index (χ3n) is 3.37. The number of hydrogen-bond acceptors (Lipinski definition) is 2. The second-order valence-electron chi connectivity index (χ2n) is 5.06. The smallest absolute Gasteiger partial charge is 0.330 e. The number of nitrogens with one attached hydrogen (secondary N) is 1. The van der Waals surface area contributed by atoms with Crippen LogP contribution in [0, 0.1) is 0 Å². The van der Waals surface area contributed by atoms with E-state index in [1.165, 1.54) is 0 Å². The minimum Gasteiger partial charge on any atom is -0.399 e. The average Bonchev–Trinajstić information content (AvgIpc) is 2.55. The van der Waals surface area contributed by atoms with E-state index >= 15 is 0 Å². The van der Waals surface area contributed by atoms with Gasteiger partial charge in [-0.3, -0.25) is 4.90 Å². The fraction of sp³-hybridized carbons (Fsp3) is 0.167. The highest BCUT2D eigenvalue weighted by Gasteiger charge is 2.16. The molecule has 4 nitrogen and oxygen atoms in total. The summed E-state index contributed by atoms with van der Waals surface area (Å²) in [5.41, 5.74) is 9.07. The summed E-state index contributed by atoms with van der Waals surface area (Å²) in [6.07, 6.45) is 2.64. The summed E-state index contributed by atoms with van der Waals surface area (Å²) in [6, 6.07) is 16.5. The third kappa shape index (κ3) is 3.88. The Balaban J connectivity index is 2.34. The molecule has 0 spiro atoms. The van der Waals surface area contributed by atoms with Gasteiger partial charge in [0.15, 0.2) is 0 Å². The van der Waals surface area contributed by atoms with Gasteiger partial charge in [0, 0.05) is 11.9 Å². The van der Waals surface area contributed by atoms with Crippen molar-refractivity contribution < 1.29 is 4.79 Å². The summed E-state index contributed by atoms with van der Waals surface area (Å²) in [7, 11) is 0. The molecule has 0 heterocycles. The van der Waals surface area contributed by atoms with E-state index in [2.05, 4.69) is 5.32 Å². The summed E-state index contributed by atoms with van der Waals surface area (Å²) in [5.74, 6) is 0. The maximum absolute atomic E-state index is 12.6. The van der Waals surface area contributed by atoms with Crippen LogP contribution in [-0.4, -0.2) is 6.03 Å². The van der Waals surface area contributed by atoms with Gasteiger partial charge in [-0.05, 0) is 49.7 Å². The second kappa shape index (κ2) is 7.31. The fourth-order valence-electron chi connectivity index (χ4n) is 1.94.